The van der Waals surface area contributed by atoms with Gasteiger partial charge in [-0.3, -0.25) is 0 Å². The van der Waals surface area contributed by atoms with Crippen molar-refractivity contribution >= 4 is 11.0 Å². The lowest BCUT2D eigenvalue weighted by Crippen LogP contribution is -2.15. The average Bonchev–Trinajstić information content (AvgIpc) is 2.75. The van der Waals surface area contributed by atoms with E-state index in [1.807, 2.05) is 7.05 Å². The summed E-state index contributed by atoms with van der Waals surface area (Å²) in [4.78, 5) is 0. The van der Waals surface area contributed by atoms with Gasteiger partial charge in [-0.2, -0.15) is 0 Å². The Morgan fingerprint density at radius 2 is 1.95 bits per heavy atom. The molecule has 0 saturated heterocycles. The van der Waals surface area contributed by atoms with Crippen molar-refractivity contribution in [2.24, 2.45) is 0 Å². The van der Waals surface area contributed by atoms with E-state index in [1.54, 1.807) is 0 Å². The van der Waals surface area contributed by atoms with Gasteiger partial charge in [0.1, 0.15) is 11.3 Å². The highest BCUT2D eigenvalue weighted by Gasteiger charge is 2.20. The van der Waals surface area contributed by atoms with Gasteiger partial charge < -0.3 is 9.73 Å². The van der Waals surface area contributed by atoms with Crippen molar-refractivity contribution in [1.82, 2.24) is 5.32 Å². The number of hydrogen-bond donors (Lipinski definition) is 1. The average molecular weight is 259 g/mol. The van der Waals surface area contributed by atoms with E-state index >= 15 is 0 Å². The minimum atomic E-state index is 0.222. The first-order valence-electron chi connectivity index (χ1n) is 7.22. The second-order valence-corrected chi connectivity index (χ2v) is 5.84. The van der Waals surface area contributed by atoms with Crippen molar-refractivity contribution in [3.63, 3.8) is 0 Å². The summed E-state index contributed by atoms with van der Waals surface area (Å²) in [6, 6.07) is 6.65. The van der Waals surface area contributed by atoms with E-state index in [0.717, 1.165) is 30.7 Å². The van der Waals surface area contributed by atoms with Gasteiger partial charge in [0, 0.05) is 10.9 Å². The quantitative estimate of drug-likeness (QED) is 0.860. The van der Waals surface area contributed by atoms with Crippen molar-refractivity contribution in [3.05, 3.63) is 35.1 Å². The monoisotopic (exact) mass is 259 g/mol. The third-order valence-electron chi connectivity index (χ3n) is 4.23. The molecule has 2 heteroatoms. The minimum absolute atomic E-state index is 0.222. The highest BCUT2D eigenvalue weighted by atomic mass is 16.3. The molecule has 0 aliphatic carbocycles. The summed E-state index contributed by atoms with van der Waals surface area (Å²) >= 11 is 0. The third-order valence-corrected chi connectivity index (χ3v) is 4.23. The van der Waals surface area contributed by atoms with Gasteiger partial charge in [0.2, 0.25) is 0 Å². The zero-order valence-corrected chi connectivity index (χ0v) is 12.8. The SMILES string of the molecule is CCc1c(CNC)oc2ccc(C(C)(C)CC)cc12. The third kappa shape index (κ3) is 2.55. The largest absolute Gasteiger partial charge is 0.459 e. The van der Waals surface area contributed by atoms with Gasteiger partial charge in [-0.05, 0) is 43.0 Å². The summed E-state index contributed by atoms with van der Waals surface area (Å²) in [5.41, 5.74) is 3.98. The summed E-state index contributed by atoms with van der Waals surface area (Å²) < 4.78 is 5.97. The Labute approximate surface area is 116 Å². The first kappa shape index (κ1) is 14.1. The van der Waals surface area contributed by atoms with Crippen molar-refractivity contribution in [2.75, 3.05) is 7.05 Å². The number of benzene rings is 1. The molecule has 0 aliphatic heterocycles. The second kappa shape index (κ2) is 5.38. The molecule has 2 aromatic rings. The lowest BCUT2D eigenvalue weighted by molar-refractivity contribution is 0.506. The second-order valence-electron chi connectivity index (χ2n) is 5.84. The smallest absolute Gasteiger partial charge is 0.134 e. The molecule has 0 radical (unpaired) electrons. The van der Waals surface area contributed by atoms with Crippen LogP contribution >= 0.6 is 0 Å². The molecule has 0 amide bonds. The predicted molar refractivity (Wildman–Crippen MR) is 81.7 cm³/mol. The molecule has 1 N–H and O–H groups in total. The van der Waals surface area contributed by atoms with Gasteiger partial charge >= 0.3 is 0 Å². The van der Waals surface area contributed by atoms with Crippen LogP contribution in [0.1, 0.15) is 51.0 Å². The highest BCUT2D eigenvalue weighted by molar-refractivity contribution is 5.83. The Hall–Kier alpha value is -1.28. The summed E-state index contributed by atoms with van der Waals surface area (Å²) in [6.07, 6.45) is 2.15. The van der Waals surface area contributed by atoms with Crippen LogP contribution in [0.5, 0.6) is 0 Å². The summed E-state index contributed by atoms with van der Waals surface area (Å²) in [5, 5.41) is 4.47. The Morgan fingerprint density at radius 3 is 2.53 bits per heavy atom. The van der Waals surface area contributed by atoms with E-state index in [-0.39, 0.29) is 5.41 Å². The zero-order chi connectivity index (χ0) is 14.0. The van der Waals surface area contributed by atoms with Gasteiger partial charge in [-0.1, -0.05) is 33.8 Å². The molecule has 0 bridgehead atoms. The van der Waals surface area contributed by atoms with Crippen molar-refractivity contribution < 1.29 is 4.42 Å². The molecule has 104 valence electrons. The molecular formula is C17H25NO. The molecule has 0 fully saturated rings. The normalized spacial score (nSPS) is 12.3. The topological polar surface area (TPSA) is 25.2 Å². The van der Waals surface area contributed by atoms with Crippen LogP contribution in [0.3, 0.4) is 0 Å². The van der Waals surface area contributed by atoms with Gasteiger partial charge in [-0.25, -0.2) is 0 Å². The first-order valence-corrected chi connectivity index (χ1v) is 7.22. The van der Waals surface area contributed by atoms with E-state index < -0.39 is 0 Å². The number of nitrogens with one attached hydrogen (secondary N) is 1. The van der Waals surface area contributed by atoms with E-state index in [4.69, 9.17) is 4.42 Å². The van der Waals surface area contributed by atoms with E-state index in [2.05, 4.69) is 51.2 Å². The standard InChI is InChI=1S/C17H25NO/c1-6-13-14-10-12(17(3,4)7-2)8-9-15(14)19-16(13)11-18-5/h8-10,18H,6-7,11H2,1-5H3. The van der Waals surface area contributed by atoms with E-state index in [0.29, 0.717) is 0 Å². The van der Waals surface area contributed by atoms with Crippen LogP contribution in [0.4, 0.5) is 0 Å². The molecule has 2 rings (SSSR count). The van der Waals surface area contributed by atoms with Crippen LogP contribution in [0.2, 0.25) is 0 Å². The minimum Gasteiger partial charge on any atom is -0.459 e. The molecule has 0 atom stereocenters. The van der Waals surface area contributed by atoms with E-state index in [1.165, 1.54) is 16.5 Å². The van der Waals surface area contributed by atoms with Crippen molar-refractivity contribution in [3.8, 4) is 0 Å². The van der Waals surface area contributed by atoms with Crippen molar-refractivity contribution in [2.45, 2.75) is 52.5 Å². The first-order chi connectivity index (χ1) is 9.03. The van der Waals surface area contributed by atoms with Crippen LogP contribution in [-0.2, 0) is 18.4 Å². The molecule has 2 nitrogen and oxygen atoms in total. The number of fused-ring (bicyclic) bond motifs is 1. The molecule has 19 heavy (non-hydrogen) atoms. The molecular weight excluding hydrogens is 234 g/mol. The Balaban J connectivity index is 2.58. The number of furan rings is 1. The fraction of sp³-hybridized carbons (Fsp3) is 0.529. The number of hydrogen-bond acceptors (Lipinski definition) is 2. The fourth-order valence-corrected chi connectivity index (χ4v) is 2.52. The molecule has 1 aromatic carbocycles. The van der Waals surface area contributed by atoms with Crippen molar-refractivity contribution in [1.29, 1.82) is 0 Å². The Bertz CT molecular complexity index is 566. The van der Waals surface area contributed by atoms with Gasteiger partial charge in [0.25, 0.3) is 0 Å². The van der Waals surface area contributed by atoms with Crippen LogP contribution in [0.15, 0.2) is 22.6 Å². The molecule has 1 heterocycles. The van der Waals surface area contributed by atoms with Crippen LogP contribution in [-0.4, -0.2) is 7.05 Å². The summed E-state index contributed by atoms with van der Waals surface area (Å²) in [6.45, 7) is 9.83. The molecule has 0 unspecified atom stereocenters. The van der Waals surface area contributed by atoms with Crippen LogP contribution < -0.4 is 5.32 Å². The molecule has 0 saturated carbocycles. The molecule has 1 aromatic heterocycles. The maximum absolute atomic E-state index is 5.97. The lowest BCUT2D eigenvalue weighted by atomic mass is 9.81. The number of aryl methyl sites for hydroxylation is 1. The lowest BCUT2D eigenvalue weighted by Gasteiger charge is -2.23. The van der Waals surface area contributed by atoms with Gasteiger partial charge in [-0.15, -0.1) is 0 Å². The Morgan fingerprint density at radius 1 is 1.21 bits per heavy atom. The van der Waals surface area contributed by atoms with Gasteiger partial charge in [0.15, 0.2) is 0 Å². The summed E-state index contributed by atoms with van der Waals surface area (Å²) in [7, 11) is 1.96. The molecule has 0 aliphatic rings. The van der Waals surface area contributed by atoms with E-state index in [9.17, 15) is 0 Å². The van der Waals surface area contributed by atoms with Crippen LogP contribution in [0.25, 0.3) is 11.0 Å². The number of rotatable bonds is 5. The molecule has 0 spiro atoms. The summed E-state index contributed by atoms with van der Waals surface area (Å²) in [5.74, 6) is 1.08. The fourth-order valence-electron chi connectivity index (χ4n) is 2.52. The predicted octanol–water partition coefficient (Wildman–Crippen LogP) is 4.40. The zero-order valence-electron chi connectivity index (χ0n) is 12.8. The maximum atomic E-state index is 5.97. The van der Waals surface area contributed by atoms with Crippen LogP contribution in [0, 0.1) is 0 Å². The van der Waals surface area contributed by atoms with Gasteiger partial charge in [0.05, 0.1) is 6.54 Å². The highest BCUT2D eigenvalue weighted by Crippen LogP contribution is 2.33. The Kier molecular flexibility index (Phi) is 4.00. The maximum Gasteiger partial charge on any atom is 0.134 e.